The number of phenolic OH excluding ortho intramolecular Hbond substituents is 1. The summed E-state index contributed by atoms with van der Waals surface area (Å²) in [5, 5.41) is 21.0. The van der Waals surface area contributed by atoms with Gasteiger partial charge in [-0.1, -0.05) is 38.1 Å². The van der Waals surface area contributed by atoms with Crippen LogP contribution in [-0.4, -0.2) is 22.1 Å². The van der Waals surface area contributed by atoms with Gasteiger partial charge in [0.25, 0.3) is 0 Å². The fourth-order valence-corrected chi connectivity index (χ4v) is 2.72. The molecule has 26 heavy (non-hydrogen) atoms. The van der Waals surface area contributed by atoms with Crippen molar-refractivity contribution < 1.29 is 19.8 Å². The Morgan fingerprint density at radius 3 is 2.08 bits per heavy atom. The number of hydrogen-bond acceptors (Lipinski definition) is 3. The molecule has 0 saturated carbocycles. The molecule has 0 bridgehead atoms. The highest BCUT2D eigenvalue weighted by Crippen LogP contribution is 2.35. The van der Waals surface area contributed by atoms with E-state index in [9.17, 15) is 14.7 Å². The summed E-state index contributed by atoms with van der Waals surface area (Å²) in [6.07, 6.45) is 1.79. The van der Waals surface area contributed by atoms with Gasteiger partial charge in [-0.3, -0.25) is 4.79 Å². The van der Waals surface area contributed by atoms with Crippen LogP contribution in [0.15, 0.2) is 48.6 Å². The van der Waals surface area contributed by atoms with Gasteiger partial charge in [0.05, 0.1) is 0 Å². The number of carboxylic acid groups (broad SMARTS) is 1. The van der Waals surface area contributed by atoms with E-state index < -0.39 is 11.9 Å². The van der Waals surface area contributed by atoms with Crippen LogP contribution in [-0.2, 0) is 15.0 Å². The van der Waals surface area contributed by atoms with Gasteiger partial charge >= 0.3 is 5.97 Å². The zero-order valence-electron chi connectivity index (χ0n) is 15.3. The van der Waals surface area contributed by atoms with E-state index in [1.807, 2.05) is 44.2 Å². The van der Waals surface area contributed by atoms with Gasteiger partial charge in [0.15, 0.2) is 0 Å². The Balaban J connectivity index is 2.28. The van der Waals surface area contributed by atoms with Crippen molar-refractivity contribution in [2.75, 3.05) is 5.32 Å². The maximum atomic E-state index is 11.8. The second-order valence-corrected chi connectivity index (χ2v) is 6.82. The Morgan fingerprint density at radius 2 is 1.54 bits per heavy atom. The molecule has 0 heterocycles. The van der Waals surface area contributed by atoms with Crippen molar-refractivity contribution in [3.63, 3.8) is 0 Å². The first kappa shape index (κ1) is 19.2. The monoisotopic (exact) mass is 353 g/mol. The number of aryl methyl sites for hydroxylation is 2. The summed E-state index contributed by atoms with van der Waals surface area (Å²) >= 11 is 0. The number of benzene rings is 2. The molecule has 3 N–H and O–H groups in total. The third-order valence-corrected chi connectivity index (χ3v) is 4.50. The molecule has 2 aromatic rings. The van der Waals surface area contributed by atoms with E-state index in [2.05, 4.69) is 19.2 Å². The molecule has 0 aromatic heterocycles. The second kappa shape index (κ2) is 7.44. The fourth-order valence-electron chi connectivity index (χ4n) is 2.72. The number of nitrogens with one attached hydrogen (secondary N) is 1. The van der Waals surface area contributed by atoms with E-state index in [-0.39, 0.29) is 11.2 Å². The predicted molar refractivity (Wildman–Crippen MR) is 102 cm³/mol. The quantitative estimate of drug-likeness (QED) is 0.711. The standard InChI is InChI=1S/C21H23NO4/c1-13-11-15(5-7-17(13)22-19(24)9-10-20(25)26)21(3,4)16-6-8-18(23)14(2)12-16/h5-12,23H,1-4H3,(H,22,24)(H,25,26). The predicted octanol–water partition coefficient (Wildman–Crippen LogP) is 3.91. The highest BCUT2D eigenvalue weighted by Gasteiger charge is 2.24. The number of phenols is 1. The second-order valence-electron chi connectivity index (χ2n) is 6.82. The molecule has 0 unspecified atom stereocenters. The first-order chi connectivity index (χ1) is 12.1. The van der Waals surface area contributed by atoms with Crippen molar-refractivity contribution in [3.05, 3.63) is 70.8 Å². The van der Waals surface area contributed by atoms with Crippen LogP contribution in [0.25, 0.3) is 0 Å². The van der Waals surface area contributed by atoms with Crippen LogP contribution in [0, 0.1) is 13.8 Å². The van der Waals surface area contributed by atoms with Gasteiger partial charge in [-0.05, 0) is 48.2 Å². The number of carbonyl (C=O) groups is 2. The fraction of sp³-hybridized carbons (Fsp3) is 0.238. The molecule has 0 spiro atoms. The van der Waals surface area contributed by atoms with Crippen LogP contribution in [0.1, 0.15) is 36.1 Å². The maximum Gasteiger partial charge on any atom is 0.328 e. The molecule has 0 aliphatic heterocycles. The lowest BCUT2D eigenvalue weighted by Gasteiger charge is -2.27. The minimum atomic E-state index is -1.17. The lowest BCUT2D eigenvalue weighted by atomic mass is 9.77. The molecular formula is C21H23NO4. The Morgan fingerprint density at radius 1 is 0.962 bits per heavy atom. The van der Waals surface area contributed by atoms with E-state index in [0.29, 0.717) is 5.69 Å². The molecule has 0 fully saturated rings. The first-order valence-corrected chi connectivity index (χ1v) is 8.24. The van der Waals surface area contributed by atoms with Gasteiger partial charge in [0.2, 0.25) is 5.91 Å². The van der Waals surface area contributed by atoms with E-state index in [4.69, 9.17) is 5.11 Å². The van der Waals surface area contributed by atoms with Crippen molar-refractivity contribution in [1.82, 2.24) is 0 Å². The topological polar surface area (TPSA) is 86.6 Å². The van der Waals surface area contributed by atoms with Gasteiger partial charge in [-0.15, -0.1) is 0 Å². The van der Waals surface area contributed by atoms with Crippen molar-refractivity contribution in [2.45, 2.75) is 33.1 Å². The third kappa shape index (κ3) is 4.30. The lowest BCUT2D eigenvalue weighted by Crippen LogP contribution is -2.19. The number of aliphatic carboxylic acids is 1. The summed E-state index contributed by atoms with van der Waals surface area (Å²) in [6, 6.07) is 11.3. The number of carbonyl (C=O) groups excluding carboxylic acids is 1. The zero-order valence-corrected chi connectivity index (χ0v) is 15.3. The summed E-state index contributed by atoms with van der Waals surface area (Å²) in [5.74, 6) is -1.39. The summed E-state index contributed by atoms with van der Waals surface area (Å²) in [5.41, 5.74) is 4.19. The number of aromatic hydroxyl groups is 1. The van der Waals surface area contributed by atoms with Gasteiger partial charge in [0, 0.05) is 23.3 Å². The zero-order chi connectivity index (χ0) is 19.5. The van der Waals surface area contributed by atoms with Crippen LogP contribution in [0.3, 0.4) is 0 Å². The van der Waals surface area contributed by atoms with Crippen LogP contribution in [0.2, 0.25) is 0 Å². The average Bonchev–Trinajstić information content (AvgIpc) is 2.57. The molecular weight excluding hydrogens is 330 g/mol. The molecule has 5 nitrogen and oxygen atoms in total. The van der Waals surface area contributed by atoms with Crippen molar-refractivity contribution >= 4 is 17.6 Å². The van der Waals surface area contributed by atoms with Crippen LogP contribution in [0.4, 0.5) is 5.69 Å². The summed E-state index contributed by atoms with van der Waals surface area (Å²) in [4.78, 5) is 22.2. The molecule has 5 heteroatoms. The normalized spacial score (nSPS) is 11.5. The largest absolute Gasteiger partial charge is 0.508 e. The molecule has 1 amide bonds. The number of carboxylic acids is 1. The van der Waals surface area contributed by atoms with Gasteiger partial charge < -0.3 is 15.5 Å². The minimum absolute atomic E-state index is 0.271. The number of rotatable bonds is 5. The van der Waals surface area contributed by atoms with Gasteiger partial charge in [-0.25, -0.2) is 4.79 Å². The molecule has 0 aliphatic rings. The SMILES string of the molecule is Cc1cc(C(C)(C)c2ccc(NC(=O)C=CC(=O)O)c(C)c2)ccc1O. The third-order valence-electron chi connectivity index (χ3n) is 4.50. The van der Waals surface area contributed by atoms with E-state index in [0.717, 1.165) is 34.4 Å². The van der Waals surface area contributed by atoms with Crippen molar-refractivity contribution in [3.8, 4) is 5.75 Å². The molecule has 0 saturated heterocycles. The van der Waals surface area contributed by atoms with Crippen LogP contribution < -0.4 is 5.32 Å². The van der Waals surface area contributed by atoms with Crippen molar-refractivity contribution in [1.29, 1.82) is 0 Å². The minimum Gasteiger partial charge on any atom is -0.508 e. The Labute approximate surface area is 153 Å². The van der Waals surface area contributed by atoms with Crippen LogP contribution in [0.5, 0.6) is 5.75 Å². The number of amides is 1. The van der Waals surface area contributed by atoms with Crippen molar-refractivity contribution in [2.24, 2.45) is 0 Å². The number of anilines is 1. The molecule has 0 radical (unpaired) electrons. The summed E-state index contributed by atoms with van der Waals surface area (Å²) < 4.78 is 0. The summed E-state index contributed by atoms with van der Waals surface area (Å²) in [6.45, 7) is 7.95. The highest BCUT2D eigenvalue weighted by molar-refractivity contribution is 6.02. The Kier molecular flexibility index (Phi) is 5.50. The Bertz CT molecular complexity index is 882. The Hall–Kier alpha value is -3.08. The summed E-state index contributed by atoms with van der Waals surface area (Å²) in [7, 11) is 0. The maximum absolute atomic E-state index is 11.8. The van der Waals surface area contributed by atoms with Crippen LogP contribution >= 0.6 is 0 Å². The molecule has 2 aromatic carbocycles. The van der Waals surface area contributed by atoms with E-state index in [1.54, 1.807) is 6.07 Å². The van der Waals surface area contributed by atoms with E-state index >= 15 is 0 Å². The molecule has 0 aliphatic carbocycles. The molecule has 2 rings (SSSR count). The van der Waals surface area contributed by atoms with Gasteiger partial charge in [0.1, 0.15) is 5.75 Å². The smallest absolute Gasteiger partial charge is 0.328 e. The molecule has 0 atom stereocenters. The molecule has 136 valence electrons. The highest BCUT2D eigenvalue weighted by atomic mass is 16.4. The number of hydrogen-bond donors (Lipinski definition) is 3. The first-order valence-electron chi connectivity index (χ1n) is 8.24. The lowest BCUT2D eigenvalue weighted by molar-refractivity contribution is -0.131. The van der Waals surface area contributed by atoms with Gasteiger partial charge in [-0.2, -0.15) is 0 Å². The average molecular weight is 353 g/mol. The van der Waals surface area contributed by atoms with E-state index in [1.165, 1.54) is 0 Å².